The van der Waals surface area contributed by atoms with E-state index >= 15 is 0 Å². The first-order chi connectivity index (χ1) is 10.2. The van der Waals surface area contributed by atoms with Crippen LogP contribution in [0.15, 0.2) is 42.6 Å². The molecule has 0 spiro atoms. The predicted molar refractivity (Wildman–Crippen MR) is 78.4 cm³/mol. The van der Waals surface area contributed by atoms with Crippen LogP contribution in [-0.2, 0) is 0 Å². The second-order valence-corrected chi connectivity index (χ2v) is 5.28. The van der Waals surface area contributed by atoms with Crippen LogP contribution in [0.2, 0.25) is 5.02 Å². The summed E-state index contributed by atoms with van der Waals surface area (Å²) in [6.45, 7) is 1.23. The maximum absolute atomic E-state index is 12.4. The monoisotopic (exact) mass is 303 g/mol. The van der Waals surface area contributed by atoms with Gasteiger partial charge in [-0.2, -0.15) is 5.10 Å². The number of hydrogen-bond donors (Lipinski definition) is 0. The van der Waals surface area contributed by atoms with Crippen LogP contribution in [0.3, 0.4) is 0 Å². The molecule has 21 heavy (non-hydrogen) atoms. The van der Waals surface area contributed by atoms with Gasteiger partial charge in [0.1, 0.15) is 6.10 Å². The molecule has 1 unspecified atom stereocenters. The molecule has 0 radical (unpaired) electrons. The molecule has 2 heterocycles. The minimum Gasteiger partial charge on any atom is -0.471 e. The van der Waals surface area contributed by atoms with E-state index < -0.39 is 0 Å². The number of rotatable bonds is 3. The molecule has 6 heteroatoms. The van der Waals surface area contributed by atoms with Gasteiger partial charge in [-0.3, -0.25) is 4.79 Å². The fourth-order valence-corrected chi connectivity index (χ4v) is 2.43. The first-order valence-corrected chi connectivity index (χ1v) is 7.09. The molecule has 1 aromatic carbocycles. The van der Waals surface area contributed by atoms with Gasteiger partial charge in [0.05, 0.1) is 6.54 Å². The molecule has 2 aromatic rings. The lowest BCUT2D eigenvalue weighted by molar-refractivity contribution is 0.0771. The van der Waals surface area contributed by atoms with Crippen LogP contribution in [0.5, 0.6) is 5.88 Å². The van der Waals surface area contributed by atoms with Crippen LogP contribution in [0.4, 0.5) is 0 Å². The van der Waals surface area contributed by atoms with E-state index in [4.69, 9.17) is 16.3 Å². The fourth-order valence-electron chi connectivity index (χ4n) is 2.30. The molecule has 0 saturated carbocycles. The average molecular weight is 304 g/mol. The van der Waals surface area contributed by atoms with Crippen LogP contribution in [0.1, 0.15) is 16.8 Å². The summed E-state index contributed by atoms with van der Waals surface area (Å²) in [4.78, 5) is 14.1. The third-order valence-electron chi connectivity index (χ3n) is 3.36. The van der Waals surface area contributed by atoms with Crippen LogP contribution < -0.4 is 4.74 Å². The second kappa shape index (κ2) is 6.10. The van der Waals surface area contributed by atoms with Crippen LogP contribution >= 0.6 is 11.6 Å². The normalized spacial score (nSPS) is 17.8. The van der Waals surface area contributed by atoms with Gasteiger partial charge in [0, 0.05) is 35.8 Å². The Morgan fingerprint density at radius 3 is 2.81 bits per heavy atom. The molecule has 1 aliphatic rings. The van der Waals surface area contributed by atoms with Crippen molar-refractivity contribution in [2.24, 2.45) is 0 Å². The summed E-state index contributed by atoms with van der Waals surface area (Å²) < 4.78 is 5.72. The lowest BCUT2D eigenvalue weighted by Gasteiger charge is -2.16. The molecular weight excluding hydrogens is 290 g/mol. The van der Waals surface area contributed by atoms with Gasteiger partial charge in [-0.25, -0.2) is 0 Å². The molecule has 0 aliphatic carbocycles. The van der Waals surface area contributed by atoms with Crippen molar-refractivity contribution in [3.05, 3.63) is 53.2 Å². The van der Waals surface area contributed by atoms with Crippen molar-refractivity contribution >= 4 is 17.5 Å². The number of aromatic nitrogens is 2. The van der Waals surface area contributed by atoms with E-state index in [2.05, 4.69) is 10.2 Å². The van der Waals surface area contributed by atoms with Crippen molar-refractivity contribution in [2.75, 3.05) is 13.1 Å². The first-order valence-electron chi connectivity index (χ1n) is 6.71. The van der Waals surface area contributed by atoms with E-state index in [-0.39, 0.29) is 12.0 Å². The van der Waals surface area contributed by atoms with Gasteiger partial charge in [-0.15, -0.1) is 5.10 Å². The average Bonchev–Trinajstić information content (AvgIpc) is 2.97. The number of amides is 1. The molecule has 1 atom stereocenters. The number of carbonyl (C=O) groups excluding carboxylic acids is 1. The fraction of sp³-hybridized carbons (Fsp3) is 0.267. The summed E-state index contributed by atoms with van der Waals surface area (Å²) in [5.41, 5.74) is 0.638. The summed E-state index contributed by atoms with van der Waals surface area (Å²) in [5.74, 6) is 0.486. The Hall–Kier alpha value is -2.14. The third kappa shape index (κ3) is 3.31. The zero-order chi connectivity index (χ0) is 14.7. The predicted octanol–water partition coefficient (Wildman–Crippen LogP) is 2.42. The van der Waals surface area contributed by atoms with Gasteiger partial charge < -0.3 is 9.64 Å². The number of nitrogens with zero attached hydrogens (tertiary/aromatic N) is 3. The summed E-state index contributed by atoms with van der Waals surface area (Å²) >= 11 is 5.83. The number of halogens is 1. The Morgan fingerprint density at radius 2 is 2.10 bits per heavy atom. The Morgan fingerprint density at radius 1 is 1.29 bits per heavy atom. The maximum Gasteiger partial charge on any atom is 0.253 e. The number of ether oxygens (including phenoxy) is 1. The summed E-state index contributed by atoms with van der Waals surface area (Å²) in [6, 6.07) is 10.4. The standard InChI is InChI=1S/C15H14ClN3O2/c16-12-5-3-11(4-6-12)15(20)19-9-7-13(10-19)21-14-2-1-8-17-18-14/h1-6,8,13H,7,9-10H2. The largest absolute Gasteiger partial charge is 0.471 e. The highest BCUT2D eigenvalue weighted by Crippen LogP contribution is 2.19. The van der Waals surface area contributed by atoms with Crippen LogP contribution in [0, 0.1) is 0 Å². The highest BCUT2D eigenvalue weighted by atomic mass is 35.5. The van der Waals surface area contributed by atoms with Crippen molar-refractivity contribution in [3.63, 3.8) is 0 Å². The first kappa shape index (κ1) is 13.8. The SMILES string of the molecule is O=C(c1ccc(Cl)cc1)N1CCC(Oc2cccnn2)C1. The van der Waals surface area contributed by atoms with E-state index in [0.717, 1.165) is 6.42 Å². The van der Waals surface area contributed by atoms with E-state index in [0.29, 0.717) is 29.6 Å². The molecule has 1 saturated heterocycles. The molecule has 3 rings (SSSR count). The molecule has 1 aliphatic heterocycles. The Bertz CT molecular complexity index is 619. The number of likely N-dealkylation sites (tertiary alicyclic amines) is 1. The van der Waals surface area contributed by atoms with Crippen molar-refractivity contribution in [1.82, 2.24) is 15.1 Å². The van der Waals surface area contributed by atoms with Crippen molar-refractivity contribution in [3.8, 4) is 5.88 Å². The Kier molecular flexibility index (Phi) is 4.01. The minimum atomic E-state index is -0.0436. The highest BCUT2D eigenvalue weighted by Gasteiger charge is 2.28. The van der Waals surface area contributed by atoms with Crippen LogP contribution in [0.25, 0.3) is 0 Å². The Labute approximate surface area is 127 Å². The highest BCUT2D eigenvalue weighted by molar-refractivity contribution is 6.30. The van der Waals surface area contributed by atoms with Crippen molar-refractivity contribution in [1.29, 1.82) is 0 Å². The summed E-state index contributed by atoms with van der Waals surface area (Å²) in [5, 5.41) is 8.28. The smallest absolute Gasteiger partial charge is 0.253 e. The van der Waals surface area contributed by atoms with E-state index in [1.54, 1.807) is 47.5 Å². The number of carbonyl (C=O) groups is 1. The quantitative estimate of drug-likeness (QED) is 0.874. The van der Waals surface area contributed by atoms with Crippen LogP contribution in [-0.4, -0.2) is 40.2 Å². The van der Waals surface area contributed by atoms with Gasteiger partial charge in [-0.1, -0.05) is 11.6 Å². The third-order valence-corrected chi connectivity index (χ3v) is 3.61. The lowest BCUT2D eigenvalue weighted by Crippen LogP contribution is -2.31. The lowest BCUT2D eigenvalue weighted by atomic mass is 10.2. The molecule has 0 bridgehead atoms. The second-order valence-electron chi connectivity index (χ2n) is 4.85. The molecule has 108 valence electrons. The van der Waals surface area contributed by atoms with Gasteiger partial charge in [0.25, 0.3) is 5.91 Å². The van der Waals surface area contributed by atoms with E-state index in [1.165, 1.54) is 0 Å². The summed E-state index contributed by atoms with van der Waals surface area (Å²) in [7, 11) is 0. The molecule has 5 nitrogen and oxygen atoms in total. The molecule has 1 aromatic heterocycles. The molecular formula is C15H14ClN3O2. The zero-order valence-electron chi connectivity index (χ0n) is 11.3. The van der Waals surface area contributed by atoms with E-state index in [1.807, 2.05) is 0 Å². The molecule has 1 fully saturated rings. The van der Waals surface area contributed by atoms with Gasteiger partial charge in [0.2, 0.25) is 5.88 Å². The van der Waals surface area contributed by atoms with E-state index in [9.17, 15) is 4.79 Å². The van der Waals surface area contributed by atoms with Crippen molar-refractivity contribution < 1.29 is 9.53 Å². The topological polar surface area (TPSA) is 55.3 Å². The van der Waals surface area contributed by atoms with Gasteiger partial charge >= 0.3 is 0 Å². The number of benzene rings is 1. The van der Waals surface area contributed by atoms with Gasteiger partial charge in [0.15, 0.2) is 0 Å². The zero-order valence-corrected chi connectivity index (χ0v) is 12.0. The summed E-state index contributed by atoms with van der Waals surface area (Å²) in [6.07, 6.45) is 2.34. The Balaban J connectivity index is 1.61. The molecule has 0 N–H and O–H groups in total. The van der Waals surface area contributed by atoms with Crippen molar-refractivity contribution in [2.45, 2.75) is 12.5 Å². The molecule has 1 amide bonds. The van der Waals surface area contributed by atoms with Gasteiger partial charge in [-0.05, 0) is 30.3 Å². The minimum absolute atomic E-state index is 0.00286. The maximum atomic E-state index is 12.4. The number of hydrogen-bond acceptors (Lipinski definition) is 4.